The molecule has 0 atom stereocenters. The van der Waals surface area contributed by atoms with Gasteiger partial charge in [-0.25, -0.2) is 21.2 Å². The molecule has 0 aromatic heterocycles. The van der Waals surface area contributed by atoms with Crippen molar-refractivity contribution in [3.63, 3.8) is 0 Å². The quantitative estimate of drug-likeness (QED) is 0.394. The number of carbonyl (C=O) groups excluding carboxylic acids is 1. The Hall–Kier alpha value is -3.72. The van der Waals surface area contributed by atoms with Crippen molar-refractivity contribution in [3.8, 4) is 11.5 Å². The van der Waals surface area contributed by atoms with Crippen molar-refractivity contribution >= 4 is 37.3 Å². The zero-order valence-corrected chi connectivity index (χ0v) is 22.6. The van der Waals surface area contributed by atoms with Gasteiger partial charge in [-0.15, -0.1) is 0 Å². The average molecular weight is 580 g/mol. The maximum atomic E-state index is 13.2. The Labute approximate surface area is 225 Å². The molecular weight excluding hydrogens is 553 g/mol. The second kappa shape index (κ2) is 11.6. The first kappa shape index (κ1) is 28.3. The van der Waals surface area contributed by atoms with Gasteiger partial charge in [0.2, 0.25) is 10.0 Å². The van der Waals surface area contributed by atoms with Gasteiger partial charge in [-0.3, -0.25) is 9.52 Å². The average Bonchev–Trinajstić information content (AvgIpc) is 2.93. The number of nitrogens with zero attached hydrogens (tertiary/aromatic N) is 1. The van der Waals surface area contributed by atoms with Crippen LogP contribution < -0.4 is 19.5 Å². The molecule has 0 spiro atoms. The monoisotopic (exact) mass is 579 g/mol. The van der Waals surface area contributed by atoms with E-state index in [4.69, 9.17) is 14.2 Å². The summed E-state index contributed by atoms with van der Waals surface area (Å²) >= 11 is 0. The Morgan fingerprint density at radius 3 is 2.18 bits per heavy atom. The molecule has 3 aromatic carbocycles. The van der Waals surface area contributed by atoms with Gasteiger partial charge in [-0.05, 0) is 60.7 Å². The molecule has 1 aliphatic heterocycles. The summed E-state index contributed by atoms with van der Waals surface area (Å²) in [6.07, 6.45) is 0. The van der Waals surface area contributed by atoms with Crippen LogP contribution in [0.3, 0.4) is 0 Å². The summed E-state index contributed by atoms with van der Waals surface area (Å²) in [7, 11) is -5.39. The van der Waals surface area contributed by atoms with Gasteiger partial charge in [0.25, 0.3) is 15.9 Å². The number of ether oxygens (including phenoxy) is 3. The molecule has 14 heteroatoms. The van der Waals surface area contributed by atoms with Crippen LogP contribution in [0.5, 0.6) is 11.5 Å². The summed E-state index contributed by atoms with van der Waals surface area (Å²) in [6, 6.07) is 12.6. The minimum Gasteiger partial charge on any atom is -0.495 e. The number of anilines is 2. The molecule has 3 aromatic rings. The third-order valence-corrected chi connectivity index (χ3v) is 9.14. The predicted molar refractivity (Wildman–Crippen MR) is 141 cm³/mol. The highest BCUT2D eigenvalue weighted by atomic mass is 32.2. The fourth-order valence-corrected chi connectivity index (χ4v) is 6.48. The van der Waals surface area contributed by atoms with Crippen LogP contribution in [0.2, 0.25) is 0 Å². The number of hydrogen-bond donors (Lipinski definition) is 2. The summed E-state index contributed by atoms with van der Waals surface area (Å²) in [4.78, 5) is 12.7. The van der Waals surface area contributed by atoms with Gasteiger partial charge in [0.05, 0.1) is 38.0 Å². The molecule has 11 nitrogen and oxygen atoms in total. The van der Waals surface area contributed by atoms with E-state index in [2.05, 4.69) is 10.0 Å². The molecular formula is C25H26FN3O8S2. The Kier molecular flexibility index (Phi) is 8.39. The van der Waals surface area contributed by atoms with Crippen molar-refractivity contribution in [2.75, 3.05) is 50.6 Å². The van der Waals surface area contributed by atoms with Gasteiger partial charge in [0.15, 0.2) is 0 Å². The number of rotatable bonds is 9. The molecule has 0 saturated carbocycles. The highest BCUT2D eigenvalue weighted by molar-refractivity contribution is 7.92. The number of morpholine rings is 1. The molecule has 0 bridgehead atoms. The highest BCUT2D eigenvalue weighted by Gasteiger charge is 2.30. The van der Waals surface area contributed by atoms with Gasteiger partial charge < -0.3 is 19.5 Å². The lowest BCUT2D eigenvalue weighted by Gasteiger charge is -2.26. The zero-order valence-electron chi connectivity index (χ0n) is 21.0. The van der Waals surface area contributed by atoms with E-state index < -0.39 is 31.8 Å². The van der Waals surface area contributed by atoms with Crippen LogP contribution in [0.25, 0.3) is 0 Å². The second-order valence-electron chi connectivity index (χ2n) is 8.31. The number of halogens is 1. The minimum absolute atomic E-state index is 0.0185. The number of benzene rings is 3. The molecule has 39 heavy (non-hydrogen) atoms. The predicted octanol–water partition coefficient (Wildman–Crippen LogP) is 2.92. The third kappa shape index (κ3) is 6.30. The van der Waals surface area contributed by atoms with Crippen molar-refractivity contribution in [2.45, 2.75) is 9.79 Å². The lowest BCUT2D eigenvalue weighted by atomic mass is 10.2. The van der Waals surface area contributed by atoms with E-state index in [1.165, 1.54) is 54.9 Å². The zero-order chi connectivity index (χ0) is 28.2. The number of sulfonamides is 2. The largest absolute Gasteiger partial charge is 0.495 e. The molecule has 1 aliphatic rings. The first-order valence-electron chi connectivity index (χ1n) is 11.6. The van der Waals surface area contributed by atoms with E-state index in [1.807, 2.05) is 0 Å². The van der Waals surface area contributed by atoms with E-state index in [0.717, 1.165) is 24.3 Å². The van der Waals surface area contributed by atoms with Crippen molar-refractivity contribution in [2.24, 2.45) is 0 Å². The van der Waals surface area contributed by atoms with Gasteiger partial charge in [-0.2, -0.15) is 4.31 Å². The summed E-state index contributed by atoms with van der Waals surface area (Å²) in [6.45, 7) is 0.855. The molecule has 0 unspecified atom stereocenters. The fourth-order valence-electron chi connectivity index (χ4n) is 3.83. The molecule has 208 valence electrons. The van der Waals surface area contributed by atoms with Gasteiger partial charge in [0, 0.05) is 24.3 Å². The molecule has 0 radical (unpaired) electrons. The number of amides is 1. The maximum absolute atomic E-state index is 13.2. The lowest BCUT2D eigenvalue weighted by Crippen LogP contribution is -2.40. The van der Waals surface area contributed by atoms with Crippen LogP contribution in [-0.2, 0) is 24.8 Å². The second-order valence-corrected chi connectivity index (χ2v) is 11.9. The SMILES string of the molecule is COc1ccc(NC(=O)c2ccc(OC)c(S(=O)(=O)N3CCOCC3)c2)cc1NS(=O)(=O)c1ccc(F)cc1. The summed E-state index contributed by atoms with van der Waals surface area (Å²) in [5.41, 5.74) is 0.253. The Balaban J connectivity index is 1.60. The fraction of sp³-hybridized carbons (Fsp3) is 0.240. The first-order valence-corrected chi connectivity index (χ1v) is 14.5. The Morgan fingerprint density at radius 2 is 1.54 bits per heavy atom. The summed E-state index contributed by atoms with van der Waals surface area (Å²) < 4.78 is 84.7. The lowest BCUT2D eigenvalue weighted by molar-refractivity contribution is 0.0729. The van der Waals surface area contributed by atoms with Crippen molar-refractivity contribution < 1.29 is 40.2 Å². The first-order chi connectivity index (χ1) is 18.5. The molecule has 1 heterocycles. The molecule has 1 fully saturated rings. The molecule has 1 saturated heterocycles. The van der Waals surface area contributed by atoms with E-state index in [1.54, 1.807) is 0 Å². The standard InChI is InChI=1S/C25H26FN3O8S2/c1-35-22-10-6-19(16-21(22)28-38(31,32)20-7-4-18(26)5-8-20)27-25(30)17-3-9-23(36-2)24(15-17)39(33,34)29-11-13-37-14-12-29/h3-10,15-16,28H,11-14H2,1-2H3,(H,27,30). The van der Waals surface area contributed by atoms with Crippen LogP contribution in [0.15, 0.2) is 70.5 Å². The topological polar surface area (TPSA) is 140 Å². The van der Waals surface area contributed by atoms with Crippen molar-refractivity contribution in [3.05, 3.63) is 72.0 Å². The van der Waals surface area contributed by atoms with E-state index >= 15 is 0 Å². The molecule has 0 aliphatic carbocycles. The van der Waals surface area contributed by atoms with Crippen molar-refractivity contribution in [1.29, 1.82) is 0 Å². The maximum Gasteiger partial charge on any atom is 0.262 e. The number of nitrogens with one attached hydrogen (secondary N) is 2. The molecule has 2 N–H and O–H groups in total. The van der Waals surface area contributed by atoms with Crippen LogP contribution in [0, 0.1) is 5.82 Å². The van der Waals surface area contributed by atoms with Crippen LogP contribution in [0.4, 0.5) is 15.8 Å². The number of carbonyl (C=O) groups is 1. The number of hydrogen-bond acceptors (Lipinski definition) is 8. The highest BCUT2D eigenvalue weighted by Crippen LogP contribution is 2.32. The van der Waals surface area contributed by atoms with E-state index in [0.29, 0.717) is 0 Å². The molecule has 4 rings (SSSR count). The van der Waals surface area contributed by atoms with Crippen molar-refractivity contribution in [1.82, 2.24) is 4.31 Å². The van der Waals surface area contributed by atoms with Gasteiger partial charge in [0.1, 0.15) is 22.2 Å². The Morgan fingerprint density at radius 1 is 0.897 bits per heavy atom. The van der Waals surface area contributed by atoms with Gasteiger partial charge in [-0.1, -0.05) is 0 Å². The Bertz CT molecular complexity index is 1570. The van der Waals surface area contributed by atoms with Crippen LogP contribution in [-0.4, -0.2) is 67.6 Å². The van der Waals surface area contributed by atoms with Gasteiger partial charge >= 0.3 is 0 Å². The van der Waals surface area contributed by atoms with Crippen LogP contribution in [0.1, 0.15) is 10.4 Å². The summed E-state index contributed by atoms with van der Waals surface area (Å²) in [5.74, 6) is -0.980. The normalized spacial score (nSPS) is 14.4. The summed E-state index contributed by atoms with van der Waals surface area (Å²) in [5, 5.41) is 2.63. The van der Waals surface area contributed by atoms with E-state index in [-0.39, 0.29) is 64.5 Å². The number of methoxy groups -OCH3 is 2. The smallest absolute Gasteiger partial charge is 0.262 e. The minimum atomic E-state index is -4.10. The molecule has 1 amide bonds. The van der Waals surface area contributed by atoms with Crippen LogP contribution >= 0.6 is 0 Å². The third-order valence-electron chi connectivity index (χ3n) is 5.84. The van der Waals surface area contributed by atoms with E-state index in [9.17, 15) is 26.0 Å².